The molecule has 3 heteroatoms. The van der Waals surface area contributed by atoms with Gasteiger partial charge in [0, 0.05) is 19.0 Å². The Labute approximate surface area is 114 Å². The Kier molecular flexibility index (Phi) is 3.38. The van der Waals surface area contributed by atoms with Crippen LogP contribution in [0, 0.1) is 6.92 Å². The maximum Gasteiger partial charge on any atom is 0.114 e. The van der Waals surface area contributed by atoms with Crippen molar-refractivity contribution in [2.45, 2.75) is 32.2 Å². The van der Waals surface area contributed by atoms with E-state index in [4.69, 9.17) is 4.98 Å². The van der Waals surface area contributed by atoms with Gasteiger partial charge >= 0.3 is 0 Å². The number of nitrogens with zero attached hydrogens (tertiary/aromatic N) is 2. The third-order valence-corrected chi connectivity index (χ3v) is 3.91. The number of aromatic nitrogens is 2. The molecule has 1 unspecified atom stereocenters. The zero-order valence-electron chi connectivity index (χ0n) is 11.5. The van der Waals surface area contributed by atoms with Crippen molar-refractivity contribution < 1.29 is 0 Å². The van der Waals surface area contributed by atoms with Gasteiger partial charge in [0.25, 0.3) is 0 Å². The van der Waals surface area contributed by atoms with Gasteiger partial charge in [0.1, 0.15) is 5.82 Å². The third-order valence-electron chi connectivity index (χ3n) is 3.91. The lowest BCUT2D eigenvalue weighted by Crippen LogP contribution is -2.30. The van der Waals surface area contributed by atoms with Gasteiger partial charge in [-0.1, -0.05) is 12.1 Å². The number of hydrogen-bond donors (Lipinski definition) is 1. The molecule has 3 nitrogen and oxygen atoms in total. The standard InChI is InChI=1S/C16H21N3/c1-3-9-19-15-7-6-12(2)10-14(15)18-16(19)13-5-4-8-17-11-13/h3,6-7,10,13,17H,1,4-5,8-9,11H2,2H3. The van der Waals surface area contributed by atoms with Crippen molar-refractivity contribution in [1.82, 2.24) is 14.9 Å². The van der Waals surface area contributed by atoms with E-state index < -0.39 is 0 Å². The molecule has 1 saturated heterocycles. The highest BCUT2D eigenvalue weighted by atomic mass is 15.1. The normalized spacial score (nSPS) is 19.7. The summed E-state index contributed by atoms with van der Waals surface area (Å²) in [7, 11) is 0. The summed E-state index contributed by atoms with van der Waals surface area (Å²) >= 11 is 0. The molecule has 0 radical (unpaired) electrons. The van der Waals surface area contributed by atoms with Gasteiger partial charge in [-0.2, -0.15) is 0 Å². The van der Waals surface area contributed by atoms with Crippen LogP contribution in [-0.2, 0) is 6.54 Å². The average molecular weight is 255 g/mol. The van der Waals surface area contributed by atoms with E-state index in [1.807, 2.05) is 6.08 Å². The van der Waals surface area contributed by atoms with Crippen molar-refractivity contribution in [3.63, 3.8) is 0 Å². The molecule has 2 aromatic rings. The van der Waals surface area contributed by atoms with Crippen molar-refractivity contribution in [1.29, 1.82) is 0 Å². The summed E-state index contributed by atoms with van der Waals surface area (Å²) in [5, 5.41) is 3.48. The predicted molar refractivity (Wildman–Crippen MR) is 79.5 cm³/mol. The summed E-state index contributed by atoms with van der Waals surface area (Å²) in [6.45, 7) is 9.02. The second-order valence-corrected chi connectivity index (χ2v) is 5.40. The Hall–Kier alpha value is -1.61. The predicted octanol–water partition coefficient (Wildman–Crippen LogP) is 3.00. The quantitative estimate of drug-likeness (QED) is 0.854. The first-order valence-electron chi connectivity index (χ1n) is 7.08. The first-order chi connectivity index (χ1) is 9.29. The summed E-state index contributed by atoms with van der Waals surface area (Å²) in [4.78, 5) is 4.89. The molecule has 1 aromatic carbocycles. The summed E-state index contributed by atoms with van der Waals surface area (Å²) in [5.41, 5.74) is 3.61. The number of imidazole rings is 1. The van der Waals surface area contributed by atoms with E-state index in [0.29, 0.717) is 5.92 Å². The zero-order chi connectivity index (χ0) is 13.2. The molecule has 0 saturated carbocycles. The average Bonchev–Trinajstić information content (AvgIpc) is 2.78. The van der Waals surface area contributed by atoms with Crippen LogP contribution in [0.25, 0.3) is 11.0 Å². The van der Waals surface area contributed by atoms with Gasteiger partial charge in [-0.05, 0) is 44.0 Å². The molecule has 1 N–H and O–H groups in total. The molecule has 1 atom stereocenters. The number of benzene rings is 1. The Morgan fingerprint density at radius 2 is 2.42 bits per heavy atom. The van der Waals surface area contributed by atoms with Crippen LogP contribution in [0.15, 0.2) is 30.9 Å². The largest absolute Gasteiger partial charge is 0.324 e. The zero-order valence-corrected chi connectivity index (χ0v) is 11.5. The van der Waals surface area contributed by atoms with Crippen LogP contribution in [0.2, 0.25) is 0 Å². The van der Waals surface area contributed by atoms with Crippen LogP contribution in [0.4, 0.5) is 0 Å². The summed E-state index contributed by atoms with van der Waals surface area (Å²) < 4.78 is 2.32. The third kappa shape index (κ3) is 2.30. The first kappa shape index (κ1) is 12.4. The van der Waals surface area contributed by atoms with Gasteiger partial charge in [0.2, 0.25) is 0 Å². The molecule has 0 spiro atoms. The van der Waals surface area contributed by atoms with Crippen molar-refractivity contribution in [3.8, 4) is 0 Å². The topological polar surface area (TPSA) is 29.9 Å². The monoisotopic (exact) mass is 255 g/mol. The molecule has 0 amide bonds. The molecule has 0 bridgehead atoms. The van der Waals surface area contributed by atoms with Crippen molar-refractivity contribution >= 4 is 11.0 Å². The Balaban J connectivity index is 2.10. The van der Waals surface area contributed by atoms with Gasteiger partial charge in [-0.15, -0.1) is 6.58 Å². The number of nitrogens with one attached hydrogen (secondary N) is 1. The fourth-order valence-corrected chi connectivity index (χ4v) is 2.96. The Morgan fingerprint density at radius 3 is 3.16 bits per heavy atom. The summed E-state index contributed by atoms with van der Waals surface area (Å²) in [6.07, 6.45) is 4.42. The minimum absolute atomic E-state index is 0.529. The van der Waals surface area contributed by atoms with E-state index in [1.54, 1.807) is 0 Å². The van der Waals surface area contributed by atoms with Crippen molar-refractivity contribution in [3.05, 3.63) is 42.2 Å². The van der Waals surface area contributed by atoms with Crippen LogP contribution >= 0.6 is 0 Å². The van der Waals surface area contributed by atoms with E-state index >= 15 is 0 Å². The second kappa shape index (κ2) is 5.17. The Morgan fingerprint density at radius 1 is 1.53 bits per heavy atom. The highest BCUT2D eigenvalue weighted by Gasteiger charge is 2.21. The highest BCUT2D eigenvalue weighted by molar-refractivity contribution is 5.77. The summed E-state index contributed by atoms with van der Waals surface area (Å²) in [6, 6.07) is 6.52. The van der Waals surface area contributed by atoms with Gasteiger partial charge in [-0.25, -0.2) is 4.98 Å². The van der Waals surface area contributed by atoms with Crippen molar-refractivity contribution in [2.24, 2.45) is 0 Å². The molecule has 19 heavy (non-hydrogen) atoms. The van der Waals surface area contributed by atoms with E-state index in [-0.39, 0.29) is 0 Å². The molecule has 2 heterocycles. The molecule has 1 aromatic heterocycles. The van der Waals surface area contributed by atoms with E-state index in [2.05, 4.69) is 41.6 Å². The SMILES string of the molecule is C=CCn1c(C2CCCNC2)nc2cc(C)ccc21. The smallest absolute Gasteiger partial charge is 0.114 e. The second-order valence-electron chi connectivity index (χ2n) is 5.40. The Bertz CT molecular complexity index is 591. The number of allylic oxidation sites excluding steroid dienone is 1. The molecule has 3 rings (SSSR count). The number of hydrogen-bond acceptors (Lipinski definition) is 2. The molecule has 1 aliphatic rings. The number of piperidine rings is 1. The maximum atomic E-state index is 4.89. The van der Waals surface area contributed by atoms with Gasteiger partial charge in [0.15, 0.2) is 0 Å². The highest BCUT2D eigenvalue weighted by Crippen LogP contribution is 2.27. The molecular formula is C16H21N3. The number of fused-ring (bicyclic) bond motifs is 1. The van der Waals surface area contributed by atoms with E-state index in [0.717, 1.165) is 25.2 Å². The molecular weight excluding hydrogens is 234 g/mol. The molecule has 0 aliphatic carbocycles. The lowest BCUT2D eigenvalue weighted by molar-refractivity contribution is 0.438. The molecule has 1 fully saturated rings. The van der Waals surface area contributed by atoms with Gasteiger partial charge < -0.3 is 9.88 Å². The number of aryl methyl sites for hydroxylation is 1. The number of rotatable bonds is 3. The minimum atomic E-state index is 0.529. The van der Waals surface area contributed by atoms with Crippen LogP contribution in [0.3, 0.4) is 0 Å². The fraction of sp³-hybridized carbons (Fsp3) is 0.438. The van der Waals surface area contributed by atoms with Gasteiger partial charge in [0.05, 0.1) is 11.0 Å². The molecule has 100 valence electrons. The van der Waals surface area contributed by atoms with E-state index in [1.165, 1.54) is 29.7 Å². The molecule has 1 aliphatic heterocycles. The first-order valence-corrected chi connectivity index (χ1v) is 7.08. The fourth-order valence-electron chi connectivity index (χ4n) is 2.96. The maximum absolute atomic E-state index is 4.89. The van der Waals surface area contributed by atoms with Crippen LogP contribution in [-0.4, -0.2) is 22.6 Å². The van der Waals surface area contributed by atoms with Crippen molar-refractivity contribution in [2.75, 3.05) is 13.1 Å². The minimum Gasteiger partial charge on any atom is -0.324 e. The van der Waals surface area contributed by atoms with Gasteiger partial charge in [-0.3, -0.25) is 0 Å². The van der Waals surface area contributed by atoms with Crippen LogP contribution in [0.1, 0.15) is 30.1 Å². The van der Waals surface area contributed by atoms with Crippen LogP contribution in [0.5, 0.6) is 0 Å². The lowest BCUT2D eigenvalue weighted by atomic mass is 9.99. The summed E-state index contributed by atoms with van der Waals surface area (Å²) in [5.74, 6) is 1.74. The van der Waals surface area contributed by atoms with Crippen LogP contribution < -0.4 is 5.32 Å². The lowest BCUT2D eigenvalue weighted by Gasteiger charge is -2.23. The van der Waals surface area contributed by atoms with E-state index in [9.17, 15) is 0 Å².